The van der Waals surface area contributed by atoms with Crippen LogP contribution in [0.15, 0.2) is 59.5 Å². The van der Waals surface area contributed by atoms with Crippen LogP contribution in [-0.2, 0) is 14.8 Å². The van der Waals surface area contributed by atoms with Gasteiger partial charge in [-0.3, -0.25) is 9.59 Å². The van der Waals surface area contributed by atoms with Crippen LogP contribution in [0.2, 0.25) is 0 Å². The maximum atomic E-state index is 13.8. The molecule has 2 aromatic rings. The molecule has 1 unspecified atom stereocenters. The van der Waals surface area contributed by atoms with Crippen LogP contribution in [0, 0.1) is 0 Å². The molecule has 3 aliphatic heterocycles. The average molecular weight is 482 g/mol. The van der Waals surface area contributed by atoms with Crippen LogP contribution in [0.5, 0.6) is 0 Å². The summed E-state index contributed by atoms with van der Waals surface area (Å²) in [6.45, 7) is 5.95. The minimum absolute atomic E-state index is 0.0521. The summed E-state index contributed by atoms with van der Waals surface area (Å²) in [5, 5.41) is 0. The van der Waals surface area contributed by atoms with E-state index in [9.17, 15) is 18.0 Å². The molecule has 0 N–H and O–H groups in total. The number of likely N-dealkylation sites (tertiary alicyclic amines) is 1. The Kier molecular flexibility index (Phi) is 5.76. The van der Waals surface area contributed by atoms with Crippen molar-refractivity contribution in [1.29, 1.82) is 0 Å². The zero-order chi connectivity index (χ0) is 24.1. The van der Waals surface area contributed by atoms with Gasteiger partial charge in [0.15, 0.2) is 0 Å². The molecular weight excluding hydrogens is 450 g/mol. The second-order valence-corrected chi connectivity index (χ2v) is 11.7. The normalized spacial score (nSPS) is 22.6. The van der Waals surface area contributed by atoms with Gasteiger partial charge in [0, 0.05) is 37.8 Å². The van der Waals surface area contributed by atoms with Gasteiger partial charge in [0.05, 0.1) is 16.4 Å². The number of carbonyl (C=O) groups is 2. The van der Waals surface area contributed by atoms with E-state index in [4.69, 9.17) is 0 Å². The highest BCUT2D eigenvalue weighted by atomic mass is 32.2. The van der Waals surface area contributed by atoms with E-state index in [0.717, 1.165) is 25.1 Å². The number of hydrogen-bond acceptors (Lipinski definition) is 4. The Morgan fingerprint density at radius 2 is 1.56 bits per heavy atom. The fourth-order valence-electron chi connectivity index (χ4n) is 5.92. The first-order valence-corrected chi connectivity index (χ1v) is 13.5. The molecule has 0 aromatic heterocycles. The van der Waals surface area contributed by atoms with E-state index < -0.39 is 21.5 Å². The summed E-state index contributed by atoms with van der Waals surface area (Å²) < 4.78 is 28.1. The maximum Gasteiger partial charge on any atom is 0.254 e. The van der Waals surface area contributed by atoms with E-state index in [1.54, 1.807) is 30.3 Å². The van der Waals surface area contributed by atoms with Gasteiger partial charge in [0.2, 0.25) is 15.9 Å². The molecule has 1 atom stereocenters. The fourth-order valence-corrected chi connectivity index (χ4v) is 7.38. The molecule has 0 saturated carbocycles. The summed E-state index contributed by atoms with van der Waals surface area (Å²) in [4.78, 5) is 31.6. The van der Waals surface area contributed by atoms with Crippen LogP contribution < -0.4 is 0 Å². The van der Waals surface area contributed by atoms with Crippen molar-refractivity contribution in [2.24, 2.45) is 0 Å². The van der Waals surface area contributed by atoms with Crippen LogP contribution in [0.1, 0.15) is 54.9 Å². The first-order valence-electron chi connectivity index (χ1n) is 12.0. The molecule has 1 spiro atoms. The van der Waals surface area contributed by atoms with E-state index in [1.165, 1.54) is 4.31 Å². The summed E-state index contributed by atoms with van der Waals surface area (Å²) in [7, 11) is -3.64. The van der Waals surface area contributed by atoms with Crippen LogP contribution in [-0.4, -0.2) is 72.1 Å². The predicted molar refractivity (Wildman–Crippen MR) is 129 cm³/mol. The summed E-state index contributed by atoms with van der Waals surface area (Å²) in [6.07, 6.45) is 1.83. The van der Waals surface area contributed by atoms with E-state index in [0.29, 0.717) is 18.4 Å². The van der Waals surface area contributed by atoms with Gasteiger partial charge in [-0.25, -0.2) is 8.42 Å². The number of fused-ring (bicyclic) bond motifs is 1. The smallest absolute Gasteiger partial charge is 0.254 e. The van der Waals surface area contributed by atoms with Gasteiger partial charge in [-0.2, -0.15) is 4.31 Å². The molecule has 0 aliphatic carbocycles. The highest BCUT2D eigenvalue weighted by Crippen LogP contribution is 2.49. The molecule has 2 fully saturated rings. The van der Waals surface area contributed by atoms with E-state index >= 15 is 0 Å². The highest BCUT2D eigenvalue weighted by molar-refractivity contribution is 7.89. The Morgan fingerprint density at radius 1 is 0.941 bits per heavy atom. The second-order valence-electron chi connectivity index (χ2n) is 9.79. The van der Waals surface area contributed by atoms with Crippen molar-refractivity contribution in [3.63, 3.8) is 0 Å². The molecule has 2 saturated heterocycles. The molecule has 34 heavy (non-hydrogen) atoms. The molecule has 3 heterocycles. The van der Waals surface area contributed by atoms with Gasteiger partial charge < -0.3 is 9.80 Å². The molecule has 8 heteroatoms. The van der Waals surface area contributed by atoms with E-state index in [2.05, 4.69) is 0 Å². The predicted octanol–water partition coefficient (Wildman–Crippen LogP) is 3.09. The zero-order valence-corrected chi connectivity index (χ0v) is 20.5. The third-order valence-corrected chi connectivity index (χ3v) is 9.55. The standard InChI is InChI=1S/C26H31N3O4S/c1-19(2)29-24(30)22-12-7-6-11-21(22)23(25(31)27-15-8-16-27)26(29)13-17-28(18-14-26)34(32,33)20-9-4-3-5-10-20/h3-7,9-12,19,23H,8,13-18H2,1-2H3. The Bertz CT molecular complexity index is 1200. The van der Waals surface area contributed by atoms with Gasteiger partial charge in [-0.1, -0.05) is 36.4 Å². The zero-order valence-electron chi connectivity index (χ0n) is 19.7. The maximum absolute atomic E-state index is 13.8. The lowest BCUT2D eigenvalue weighted by Crippen LogP contribution is -2.67. The van der Waals surface area contributed by atoms with E-state index in [-0.39, 0.29) is 35.8 Å². The Hall–Kier alpha value is -2.71. The van der Waals surface area contributed by atoms with Gasteiger partial charge in [-0.15, -0.1) is 0 Å². The van der Waals surface area contributed by atoms with Crippen molar-refractivity contribution >= 4 is 21.8 Å². The number of sulfonamides is 1. The van der Waals surface area contributed by atoms with Crippen molar-refractivity contribution in [3.8, 4) is 0 Å². The molecular formula is C26H31N3O4S. The number of rotatable bonds is 4. The minimum Gasteiger partial charge on any atom is -0.342 e. The molecule has 0 radical (unpaired) electrons. The van der Waals surface area contributed by atoms with Crippen LogP contribution in [0.4, 0.5) is 0 Å². The van der Waals surface area contributed by atoms with E-state index in [1.807, 2.05) is 47.9 Å². The third-order valence-electron chi connectivity index (χ3n) is 7.64. The first kappa shape index (κ1) is 23.1. The molecule has 7 nitrogen and oxygen atoms in total. The van der Waals surface area contributed by atoms with Crippen molar-refractivity contribution < 1.29 is 18.0 Å². The van der Waals surface area contributed by atoms with Gasteiger partial charge in [-0.05, 0) is 56.9 Å². The van der Waals surface area contributed by atoms with Gasteiger partial charge >= 0.3 is 0 Å². The molecule has 3 aliphatic rings. The number of benzene rings is 2. The highest BCUT2D eigenvalue weighted by Gasteiger charge is 2.57. The molecule has 2 aromatic carbocycles. The lowest BCUT2D eigenvalue weighted by Gasteiger charge is -2.57. The lowest BCUT2D eigenvalue weighted by atomic mass is 9.66. The van der Waals surface area contributed by atoms with Gasteiger partial charge in [0.1, 0.15) is 0 Å². The van der Waals surface area contributed by atoms with Crippen molar-refractivity contribution in [3.05, 3.63) is 65.7 Å². The van der Waals surface area contributed by atoms with Crippen LogP contribution >= 0.6 is 0 Å². The molecule has 180 valence electrons. The topological polar surface area (TPSA) is 78.0 Å². The Morgan fingerprint density at radius 3 is 2.15 bits per heavy atom. The number of nitrogens with zero attached hydrogens (tertiary/aromatic N) is 3. The third kappa shape index (κ3) is 3.46. The second kappa shape index (κ2) is 8.50. The molecule has 2 amide bonds. The lowest BCUT2D eigenvalue weighted by molar-refractivity contribution is -0.142. The summed E-state index contributed by atoms with van der Waals surface area (Å²) in [5.74, 6) is -0.514. The quantitative estimate of drug-likeness (QED) is 0.672. The summed E-state index contributed by atoms with van der Waals surface area (Å²) in [6, 6.07) is 15.8. The first-order chi connectivity index (χ1) is 16.3. The molecule has 0 bridgehead atoms. The summed E-state index contributed by atoms with van der Waals surface area (Å²) in [5.41, 5.74) is 0.607. The van der Waals surface area contributed by atoms with Gasteiger partial charge in [0.25, 0.3) is 5.91 Å². The number of piperidine rings is 1. The van der Waals surface area contributed by atoms with Crippen molar-refractivity contribution in [1.82, 2.24) is 14.1 Å². The Labute approximate surface area is 201 Å². The SMILES string of the molecule is CC(C)N1C(=O)c2ccccc2C(C(=O)N2CCC2)C12CCN(S(=O)(=O)c1ccccc1)CC2. The van der Waals surface area contributed by atoms with Crippen molar-refractivity contribution in [2.45, 2.75) is 55.5 Å². The fraction of sp³-hybridized carbons (Fsp3) is 0.462. The number of amides is 2. The van der Waals surface area contributed by atoms with Crippen molar-refractivity contribution in [2.75, 3.05) is 26.2 Å². The molecule has 5 rings (SSSR count). The average Bonchev–Trinajstić information content (AvgIpc) is 2.79. The monoisotopic (exact) mass is 481 g/mol. The largest absolute Gasteiger partial charge is 0.342 e. The van der Waals surface area contributed by atoms with Crippen LogP contribution in [0.25, 0.3) is 0 Å². The Balaban J connectivity index is 1.56. The number of hydrogen-bond donors (Lipinski definition) is 0. The minimum atomic E-state index is -3.64. The summed E-state index contributed by atoms with van der Waals surface area (Å²) >= 11 is 0. The number of carbonyl (C=O) groups excluding carboxylic acids is 2. The van der Waals surface area contributed by atoms with Crippen LogP contribution in [0.3, 0.4) is 0 Å².